The number of benzene rings is 2. The zero-order chi connectivity index (χ0) is 20.5. The minimum Gasteiger partial charge on any atom is -0.206 e. The minimum atomic E-state index is -0.953. The number of hydrogen-bond acceptors (Lipinski definition) is 0. The lowest BCUT2D eigenvalue weighted by molar-refractivity contribution is 0.258. The SMILES string of the molecule is CCC1CCC(CCc2cc(F)c(C3=Cc4cc(F)c(F)cc4C3)c(F)c2)CC1. The first-order chi connectivity index (χ1) is 13.9. The Morgan fingerprint density at radius 2 is 1.41 bits per heavy atom. The first-order valence-electron chi connectivity index (χ1n) is 10.6. The number of aryl methyl sites for hydroxylation is 1. The van der Waals surface area contributed by atoms with Gasteiger partial charge in [-0.15, -0.1) is 0 Å². The average molecular weight is 402 g/mol. The van der Waals surface area contributed by atoms with E-state index in [2.05, 4.69) is 6.92 Å². The fraction of sp³-hybridized carbons (Fsp3) is 0.440. The molecule has 0 aliphatic heterocycles. The Balaban J connectivity index is 1.46. The predicted molar refractivity (Wildman–Crippen MR) is 108 cm³/mol. The van der Waals surface area contributed by atoms with Crippen molar-refractivity contribution in [2.45, 2.75) is 58.3 Å². The van der Waals surface area contributed by atoms with E-state index in [1.165, 1.54) is 44.2 Å². The van der Waals surface area contributed by atoms with Gasteiger partial charge >= 0.3 is 0 Å². The summed E-state index contributed by atoms with van der Waals surface area (Å²) in [6.07, 6.45) is 9.55. The summed E-state index contributed by atoms with van der Waals surface area (Å²) in [6.45, 7) is 2.24. The normalized spacial score (nSPS) is 21.2. The van der Waals surface area contributed by atoms with Crippen molar-refractivity contribution in [1.29, 1.82) is 0 Å². The molecule has 0 radical (unpaired) electrons. The third kappa shape index (κ3) is 4.26. The molecule has 2 aromatic rings. The van der Waals surface area contributed by atoms with E-state index in [9.17, 15) is 17.6 Å². The first kappa shape index (κ1) is 20.2. The van der Waals surface area contributed by atoms with Gasteiger partial charge in [0.25, 0.3) is 0 Å². The van der Waals surface area contributed by atoms with Gasteiger partial charge in [0.15, 0.2) is 11.6 Å². The van der Waals surface area contributed by atoms with E-state index in [0.717, 1.165) is 24.5 Å². The molecule has 1 fully saturated rings. The van der Waals surface area contributed by atoms with Crippen LogP contribution in [0.5, 0.6) is 0 Å². The van der Waals surface area contributed by atoms with Crippen LogP contribution in [-0.2, 0) is 12.8 Å². The van der Waals surface area contributed by atoms with E-state index >= 15 is 0 Å². The summed E-state index contributed by atoms with van der Waals surface area (Å²) in [5.74, 6) is -1.62. The molecule has 154 valence electrons. The molecule has 2 aliphatic carbocycles. The highest BCUT2D eigenvalue weighted by Gasteiger charge is 2.23. The summed E-state index contributed by atoms with van der Waals surface area (Å²) in [4.78, 5) is 0. The van der Waals surface area contributed by atoms with E-state index in [0.29, 0.717) is 34.6 Å². The molecule has 0 saturated heterocycles. The molecule has 0 spiro atoms. The molecule has 0 atom stereocenters. The highest BCUT2D eigenvalue weighted by molar-refractivity contribution is 5.89. The van der Waals surface area contributed by atoms with Crippen molar-refractivity contribution in [3.8, 4) is 0 Å². The van der Waals surface area contributed by atoms with E-state index in [1.807, 2.05) is 0 Å². The zero-order valence-corrected chi connectivity index (χ0v) is 16.7. The minimum absolute atomic E-state index is 0.0887. The lowest BCUT2D eigenvalue weighted by Crippen LogP contribution is -2.14. The predicted octanol–water partition coefficient (Wildman–Crippen LogP) is 7.49. The summed E-state index contributed by atoms with van der Waals surface area (Å²) in [5.41, 5.74) is 2.03. The molecule has 0 bridgehead atoms. The summed E-state index contributed by atoms with van der Waals surface area (Å²) in [6, 6.07) is 5.02. The quantitative estimate of drug-likeness (QED) is 0.455. The van der Waals surface area contributed by atoms with Gasteiger partial charge in [0, 0.05) is 5.56 Å². The number of fused-ring (bicyclic) bond motifs is 1. The van der Waals surface area contributed by atoms with Gasteiger partial charge in [-0.2, -0.15) is 0 Å². The highest BCUT2D eigenvalue weighted by atomic mass is 19.2. The van der Waals surface area contributed by atoms with Crippen LogP contribution in [0.4, 0.5) is 17.6 Å². The molecule has 0 N–H and O–H groups in total. The number of halogens is 4. The molecule has 2 aromatic carbocycles. The Bertz CT molecular complexity index is 913. The van der Waals surface area contributed by atoms with Crippen LogP contribution >= 0.6 is 0 Å². The third-order valence-electron chi connectivity index (χ3n) is 6.70. The fourth-order valence-electron chi connectivity index (χ4n) is 4.87. The van der Waals surface area contributed by atoms with Crippen molar-refractivity contribution in [3.05, 3.63) is 69.8 Å². The van der Waals surface area contributed by atoms with Crippen LogP contribution in [0.2, 0.25) is 0 Å². The van der Waals surface area contributed by atoms with E-state index in [1.54, 1.807) is 6.08 Å². The van der Waals surface area contributed by atoms with Crippen LogP contribution in [0.15, 0.2) is 24.3 Å². The highest BCUT2D eigenvalue weighted by Crippen LogP contribution is 2.36. The van der Waals surface area contributed by atoms with Gasteiger partial charge in [-0.05, 0) is 77.6 Å². The second-order valence-electron chi connectivity index (χ2n) is 8.58. The van der Waals surface area contributed by atoms with E-state index < -0.39 is 23.3 Å². The lowest BCUT2D eigenvalue weighted by Gasteiger charge is -2.27. The van der Waals surface area contributed by atoms with Gasteiger partial charge in [0.2, 0.25) is 0 Å². The van der Waals surface area contributed by atoms with Gasteiger partial charge in [0.1, 0.15) is 11.6 Å². The monoisotopic (exact) mass is 402 g/mol. The molecular formula is C25H26F4. The zero-order valence-electron chi connectivity index (χ0n) is 16.7. The van der Waals surface area contributed by atoms with Crippen molar-refractivity contribution in [3.63, 3.8) is 0 Å². The third-order valence-corrected chi connectivity index (χ3v) is 6.70. The van der Waals surface area contributed by atoms with Crippen LogP contribution in [-0.4, -0.2) is 0 Å². The van der Waals surface area contributed by atoms with E-state index in [-0.39, 0.29) is 12.0 Å². The lowest BCUT2D eigenvalue weighted by atomic mass is 9.78. The molecule has 1 saturated carbocycles. The maximum Gasteiger partial charge on any atom is 0.159 e. The summed E-state index contributed by atoms with van der Waals surface area (Å²) in [5, 5.41) is 0. The molecule has 0 heterocycles. The van der Waals surface area contributed by atoms with Crippen molar-refractivity contribution in [2.24, 2.45) is 11.8 Å². The van der Waals surface area contributed by atoms with Gasteiger partial charge in [-0.25, -0.2) is 17.6 Å². The largest absolute Gasteiger partial charge is 0.206 e. The van der Waals surface area contributed by atoms with Crippen LogP contribution in [0.1, 0.15) is 67.7 Å². The summed E-state index contributed by atoms with van der Waals surface area (Å²) < 4.78 is 56.4. The molecule has 29 heavy (non-hydrogen) atoms. The molecule has 4 rings (SSSR count). The van der Waals surface area contributed by atoms with Crippen LogP contribution < -0.4 is 0 Å². The standard InChI is InChI=1S/C25H26F4/c1-2-15-3-5-16(6-4-15)7-8-17-9-23(28)25(24(29)10-17)20-11-18-13-21(26)22(27)14-19(18)12-20/h9-11,13-16H,2-8,12H2,1H3. The second kappa shape index (κ2) is 8.33. The fourth-order valence-corrected chi connectivity index (χ4v) is 4.87. The number of hydrogen-bond donors (Lipinski definition) is 0. The van der Waals surface area contributed by atoms with Gasteiger partial charge in [0.05, 0.1) is 0 Å². The molecular weight excluding hydrogens is 376 g/mol. The summed E-state index contributed by atoms with van der Waals surface area (Å²) in [7, 11) is 0. The van der Waals surface area contributed by atoms with Crippen molar-refractivity contribution in [2.75, 3.05) is 0 Å². The second-order valence-corrected chi connectivity index (χ2v) is 8.58. The molecule has 0 nitrogen and oxygen atoms in total. The van der Waals surface area contributed by atoms with Crippen LogP contribution in [0.3, 0.4) is 0 Å². The van der Waals surface area contributed by atoms with Crippen molar-refractivity contribution < 1.29 is 17.6 Å². The van der Waals surface area contributed by atoms with Crippen molar-refractivity contribution in [1.82, 2.24) is 0 Å². The maximum absolute atomic E-state index is 14.8. The average Bonchev–Trinajstić information content (AvgIpc) is 3.08. The van der Waals surface area contributed by atoms with Gasteiger partial charge in [-0.3, -0.25) is 0 Å². The number of rotatable bonds is 5. The maximum atomic E-state index is 14.8. The van der Waals surface area contributed by atoms with Gasteiger partial charge < -0.3 is 0 Å². The summed E-state index contributed by atoms with van der Waals surface area (Å²) >= 11 is 0. The van der Waals surface area contributed by atoms with Crippen LogP contribution in [0, 0.1) is 35.1 Å². The Kier molecular flexibility index (Phi) is 5.80. The topological polar surface area (TPSA) is 0 Å². The Hall–Kier alpha value is -2.10. The van der Waals surface area contributed by atoms with E-state index in [4.69, 9.17) is 0 Å². The molecule has 0 aromatic heterocycles. The molecule has 4 heteroatoms. The van der Waals surface area contributed by atoms with Crippen molar-refractivity contribution >= 4 is 11.6 Å². The Morgan fingerprint density at radius 3 is 2.07 bits per heavy atom. The molecule has 0 unspecified atom stereocenters. The Labute approximate surface area is 169 Å². The number of allylic oxidation sites excluding steroid dienone is 1. The van der Waals surface area contributed by atoms with Crippen LogP contribution in [0.25, 0.3) is 11.6 Å². The first-order valence-corrected chi connectivity index (χ1v) is 10.6. The molecule has 2 aliphatic rings. The molecule has 0 amide bonds. The smallest absolute Gasteiger partial charge is 0.159 e. The Morgan fingerprint density at radius 1 is 0.793 bits per heavy atom. The van der Waals surface area contributed by atoms with Gasteiger partial charge in [-0.1, -0.05) is 45.1 Å².